The van der Waals surface area contributed by atoms with Crippen molar-refractivity contribution in [1.29, 1.82) is 0 Å². The first kappa shape index (κ1) is 10.4. The number of nitrogens with two attached hydrogens (primary N) is 1. The van der Waals surface area contributed by atoms with Crippen molar-refractivity contribution >= 4 is 5.97 Å². The monoisotopic (exact) mass is 189 g/mol. The van der Waals surface area contributed by atoms with Gasteiger partial charge in [-0.2, -0.15) is 0 Å². The summed E-state index contributed by atoms with van der Waals surface area (Å²) in [5, 5.41) is 0. The Kier molecular flexibility index (Phi) is 3.24. The molecule has 0 aromatic heterocycles. The molecule has 0 aliphatic carbocycles. The molecule has 0 bridgehead atoms. The predicted octanol–water partition coefficient (Wildman–Crippen LogP) is -0.708. The number of esters is 1. The summed E-state index contributed by atoms with van der Waals surface area (Å²) in [5.74, 6) is -0.465. The fourth-order valence-electron chi connectivity index (χ4n) is 0.893. The van der Waals surface area contributed by atoms with Gasteiger partial charge in [-0.25, -0.2) is 4.79 Å². The van der Waals surface area contributed by atoms with E-state index < -0.39 is 11.5 Å². The lowest BCUT2D eigenvalue weighted by molar-refractivity contribution is -0.160. The van der Waals surface area contributed by atoms with E-state index in [-0.39, 0.29) is 12.7 Å². The molecule has 5 nitrogen and oxygen atoms in total. The Morgan fingerprint density at radius 2 is 2.31 bits per heavy atom. The molecule has 1 heterocycles. The molecule has 1 atom stereocenters. The van der Waals surface area contributed by atoms with Crippen LogP contribution < -0.4 is 5.73 Å². The van der Waals surface area contributed by atoms with Gasteiger partial charge in [0.2, 0.25) is 0 Å². The smallest absolute Gasteiger partial charge is 0.327 e. The van der Waals surface area contributed by atoms with Gasteiger partial charge in [-0.1, -0.05) is 0 Å². The second-order valence-electron chi connectivity index (χ2n) is 3.38. The summed E-state index contributed by atoms with van der Waals surface area (Å²) in [6.45, 7) is 2.90. The molecule has 0 aromatic carbocycles. The molecule has 0 amide bonds. The van der Waals surface area contributed by atoms with Crippen molar-refractivity contribution in [3.05, 3.63) is 0 Å². The molecule has 0 saturated carbocycles. The Morgan fingerprint density at radius 1 is 1.69 bits per heavy atom. The molecular formula is C8H15NO4. The van der Waals surface area contributed by atoms with Crippen molar-refractivity contribution < 1.29 is 19.0 Å². The topological polar surface area (TPSA) is 70.8 Å². The van der Waals surface area contributed by atoms with E-state index in [9.17, 15) is 4.79 Å². The highest BCUT2D eigenvalue weighted by Crippen LogP contribution is 2.09. The number of hydrogen-bond acceptors (Lipinski definition) is 5. The molecule has 1 saturated heterocycles. The summed E-state index contributed by atoms with van der Waals surface area (Å²) in [6, 6.07) is 0. The van der Waals surface area contributed by atoms with E-state index in [4.69, 9.17) is 15.2 Å². The Bertz CT molecular complexity index is 189. The molecule has 1 fully saturated rings. The van der Waals surface area contributed by atoms with Crippen LogP contribution in [0.5, 0.6) is 0 Å². The third-order valence-corrected chi connectivity index (χ3v) is 1.88. The zero-order valence-corrected chi connectivity index (χ0v) is 7.91. The molecule has 1 aliphatic rings. The third kappa shape index (κ3) is 2.65. The van der Waals surface area contributed by atoms with Crippen LogP contribution in [0.3, 0.4) is 0 Å². The van der Waals surface area contributed by atoms with Gasteiger partial charge in [0.1, 0.15) is 11.6 Å². The number of ether oxygens (including phenoxy) is 3. The zero-order chi connectivity index (χ0) is 9.90. The molecule has 0 aromatic rings. The lowest BCUT2D eigenvalue weighted by Crippen LogP contribution is -2.52. The van der Waals surface area contributed by atoms with Crippen LogP contribution in [0.1, 0.15) is 6.92 Å². The van der Waals surface area contributed by atoms with Gasteiger partial charge < -0.3 is 19.9 Å². The fourth-order valence-corrected chi connectivity index (χ4v) is 0.893. The first-order valence-electron chi connectivity index (χ1n) is 4.13. The molecule has 1 aliphatic heterocycles. The molecule has 0 spiro atoms. The van der Waals surface area contributed by atoms with Gasteiger partial charge in [0, 0.05) is 0 Å². The fraction of sp³-hybridized carbons (Fsp3) is 0.875. The third-order valence-electron chi connectivity index (χ3n) is 1.88. The second kappa shape index (κ2) is 4.04. The van der Waals surface area contributed by atoms with E-state index in [1.807, 2.05) is 0 Å². The van der Waals surface area contributed by atoms with Gasteiger partial charge in [-0.15, -0.1) is 0 Å². The maximum absolute atomic E-state index is 11.1. The summed E-state index contributed by atoms with van der Waals surface area (Å²) >= 11 is 0. The van der Waals surface area contributed by atoms with Gasteiger partial charge >= 0.3 is 5.97 Å². The Morgan fingerprint density at radius 3 is 2.69 bits per heavy atom. The summed E-state index contributed by atoms with van der Waals surface area (Å²) in [6.07, 6.45) is 0.0764. The van der Waals surface area contributed by atoms with E-state index >= 15 is 0 Å². The number of rotatable bonds is 4. The first-order chi connectivity index (χ1) is 6.06. The standard InChI is InChI=1S/C8H15NO4/c1-8(9,7(10)11-2)5-13-6-3-12-4-6/h6H,3-5,9H2,1-2H3. The van der Waals surface area contributed by atoms with Crippen molar-refractivity contribution in [2.45, 2.75) is 18.6 Å². The van der Waals surface area contributed by atoms with Crippen LogP contribution in [0.4, 0.5) is 0 Å². The molecule has 5 heteroatoms. The minimum atomic E-state index is -1.07. The average molecular weight is 189 g/mol. The molecule has 13 heavy (non-hydrogen) atoms. The normalized spacial score (nSPS) is 21.8. The van der Waals surface area contributed by atoms with Crippen LogP contribution >= 0.6 is 0 Å². The first-order valence-corrected chi connectivity index (χ1v) is 4.13. The van der Waals surface area contributed by atoms with Crippen molar-refractivity contribution in [2.75, 3.05) is 26.9 Å². The maximum Gasteiger partial charge on any atom is 0.327 e. The maximum atomic E-state index is 11.1. The minimum absolute atomic E-state index is 0.0764. The van der Waals surface area contributed by atoms with Crippen LogP contribution in [0.15, 0.2) is 0 Å². The van der Waals surface area contributed by atoms with E-state index in [0.717, 1.165) is 0 Å². The van der Waals surface area contributed by atoms with Crippen LogP contribution in [-0.2, 0) is 19.0 Å². The minimum Gasteiger partial charge on any atom is -0.468 e. The molecule has 1 unspecified atom stereocenters. The largest absolute Gasteiger partial charge is 0.468 e. The van der Waals surface area contributed by atoms with Gasteiger partial charge in [0.15, 0.2) is 0 Å². The SMILES string of the molecule is COC(=O)C(C)(N)COC1COC1. The molecule has 76 valence electrons. The quantitative estimate of drug-likeness (QED) is 0.592. The van der Waals surface area contributed by atoms with Crippen LogP contribution in [0.2, 0.25) is 0 Å². The van der Waals surface area contributed by atoms with E-state index in [2.05, 4.69) is 4.74 Å². The highest BCUT2D eigenvalue weighted by atomic mass is 16.6. The van der Waals surface area contributed by atoms with E-state index in [1.165, 1.54) is 7.11 Å². The van der Waals surface area contributed by atoms with Gasteiger partial charge in [0.05, 0.1) is 26.9 Å². The van der Waals surface area contributed by atoms with Crippen LogP contribution in [-0.4, -0.2) is 44.5 Å². The zero-order valence-electron chi connectivity index (χ0n) is 7.91. The van der Waals surface area contributed by atoms with Gasteiger partial charge in [0.25, 0.3) is 0 Å². The lowest BCUT2D eigenvalue weighted by Gasteiger charge is -2.29. The number of carbonyl (C=O) groups excluding carboxylic acids is 1. The lowest BCUT2D eigenvalue weighted by atomic mass is 10.1. The Balaban J connectivity index is 2.27. The van der Waals surface area contributed by atoms with Crippen LogP contribution in [0.25, 0.3) is 0 Å². The molecule has 0 radical (unpaired) electrons. The summed E-state index contributed by atoms with van der Waals surface area (Å²) < 4.78 is 14.7. The number of methoxy groups -OCH3 is 1. The van der Waals surface area contributed by atoms with Crippen molar-refractivity contribution in [1.82, 2.24) is 0 Å². The molecular weight excluding hydrogens is 174 g/mol. The summed E-state index contributed by atoms with van der Waals surface area (Å²) in [5.41, 5.74) is 4.59. The van der Waals surface area contributed by atoms with Gasteiger partial charge in [-0.05, 0) is 6.92 Å². The second-order valence-corrected chi connectivity index (χ2v) is 3.38. The Labute approximate surface area is 77.1 Å². The predicted molar refractivity (Wildman–Crippen MR) is 45.2 cm³/mol. The van der Waals surface area contributed by atoms with Crippen molar-refractivity contribution in [2.24, 2.45) is 5.73 Å². The molecule has 2 N–H and O–H groups in total. The highest BCUT2D eigenvalue weighted by Gasteiger charge is 2.32. The average Bonchev–Trinajstić information content (AvgIpc) is 1.99. The highest BCUT2D eigenvalue weighted by molar-refractivity contribution is 5.80. The van der Waals surface area contributed by atoms with Crippen molar-refractivity contribution in [3.63, 3.8) is 0 Å². The van der Waals surface area contributed by atoms with E-state index in [0.29, 0.717) is 13.2 Å². The van der Waals surface area contributed by atoms with Crippen LogP contribution in [0, 0.1) is 0 Å². The van der Waals surface area contributed by atoms with E-state index in [1.54, 1.807) is 6.92 Å². The molecule has 1 rings (SSSR count). The number of hydrogen-bond donors (Lipinski definition) is 1. The Hall–Kier alpha value is -0.650. The summed E-state index contributed by atoms with van der Waals surface area (Å²) in [7, 11) is 1.31. The van der Waals surface area contributed by atoms with Crippen molar-refractivity contribution in [3.8, 4) is 0 Å². The van der Waals surface area contributed by atoms with Gasteiger partial charge in [-0.3, -0.25) is 0 Å². The summed E-state index contributed by atoms with van der Waals surface area (Å²) in [4.78, 5) is 11.1. The number of carbonyl (C=O) groups is 1.